The summed E-state index contributed by atoms with van der Waals surface area (Å²) in [5, 5.41) is 0. The Morgan fingerprint density at radius 2 is 1.93 bits per heavy atom. The molecule has 0 amide bonds. The highest BCUT2D eigenvalue weighted by molar-refractivity contribution is 5.73. The van der Waals surface area contributed by atoms with E-state index in [1.54, 1.807) is 0 Å². The van der Waals surface area contributed by atoms with Crippen molar-refractivity contribution in [2.45, 2.75) is 60.5 Å². The Labute approximate surface area is 88.0 Å². The van der Waals surface area contributed by atoms with E-state index >= 15 is 0 Å². The minimum Gasteiger partial charge on any atom is -0.462 e. The van der Waals surface area contributed by atoms with Crippen LogP contribution in [0.15, 0.2) is 0 Å². The van der Waals surface area contributed by atoms with E-state index in [2.05, 4.69) is 13.8 Å². The molecule has 0 aliphatic carbocycles. The van der Waals surface area contributed by atoms with Gasteiger partial charge in [0.1, 0.15) is 6.10 Å². The van der Waals surface area contributed by atoms with Gasteiger partial charge in [0.2, 0.25) is 0 Å². The molecule has 0 bridgehead atoms. The average Bonchev–Trinajstić information content (AvgIpc) is 2.15. The Hall–Kier alpha value is -0.530. The zero-order valence-electron chi connectivity index (χ0n) is 10.4. The van der Waals surface area contributed by atoms with Gasteiger partial charge in [-0.1, -0.05) is 34.6 Å². The first-order chi connectivity index (χ1) is 6.47. The van der Waals surface area contributed by atoms with E-state index in [0.717, 1.165) is 12.8 Å². The van der Waals surface area contributed by atoms with E-state index < -0.39 is 0 Å². The lowest BCUT2D eigenvalue weighted by Crippen LogP contribution is -2.41. The topological polar surface area (TPSA) is 26.3 Å². The zero-order chi connectivity index (χ0) is 11.4. The van der Waals surface area contributed by atoms with Crippen molar-refractivity contribution in [3.8, 4) is 0 Å². The van der Waals surface area contributed by atoms with Gasteiger partial charge < -0.3 is 4.74 Å². The first-order valence-corrected chi connectivity index (χ1v) is 5.68. The number of cyclic esters (lactones) is 1. The quantitative estimate of drug-likeness (QED) is 0.606. The van der Waals surface area contributed by atoms with Crippen molar-refractivity contribution in [1.82, 2.24) is 0 Å². The molecule has 2 atom stereocenters. The molecule has 0 aromatic heterocycles. The number of hydrogen-bond acceptors (Lipinski definition) is 2. The van der Waals surface area contributed by atoms with Crippen molar-refractivity contribution >= 4 is 5.97 Å². The van der Waals surface area contributed by atoms with Crippen LogP contribution in [-0.4, -0.2) is 12.1 Å². The maximum Gasteiger partial charge on any atom is 0.309 e. The van der Waals surface area contributed by atoms with Gasteiger partial charge in [-0.25, -0.2) is 0 Å². The van der Waals surface area contributed by atoms with E-state index in [9.17, 15) is 4.79 Å². The fourth-order valence-corrected chi connectivity index (χ4v) is 1.63. The van der Waals surface area contributed by atoms with Gasteiger partial charge in [0.25, 0.3) is 0 Å². The molecule has 84 valence electrons. The number of rotatable bonds is 1. The molecule has 1 aliphatic heterocycles. The minimum absolute atomic E-state index is 0.00988. The standard InChI is InChI=1S/C10H18O2.C2H6/c1-5-8-6-10(3,4)7(2)12-9(8)11;1-2/h7-8H,5-6H2,1-4H3;1-2H3/t7-,8?;/m1./s1. The highest BCUT2D eigenvalue weighted by Gasteiger charge is 2.39. The number of esters is 1. The van der Waals surface area contributed by atoms with Crippen LogP contribution in [0, 0.1) is 11.3 Å². The number of ether oxygens (including phenoxy) is 1. The molecule has 1 saturated heterocycles. The molecular formula is C12H24O2. The summed E-state index contributed by atoms with van der Waals surface area (Å²) in [6.07, 6.45) is 1.92. The first-order valence-electron chi connectivity index (χ1n) is 5.68. The van der Waals surface area contributed by atoms with Crippen LogP contribution in [0.3, 0.4) is 0 Å². The predicted octanol–water partition coefficient (Wildman–Crippen LogP) is 3.40. The molecule has 1 unspecified atom stereocenters. The zero-order valence-corrected chi connectivity index (χ0v) is 10.4. The van der Waals surface area contributed by atoms with Crippen LogP contribution in [0.1, 0.15) is 54.4 Å². The van der Waals surface area contributed by atoms with Crippen molar-refractivity contribution in [3.05, 3.63) is 0 Å². The molecule has 1 aliphatic rings. The Morgan fingerprint density at radius 1 is 1.43 bits per heavy atom. The lowest BCUT2D eigenvalue weighted by atomic mass is 9.76. The molecule has 14 heavy (non-hydrogen) atoms. The van der Waals surface area contributed by atoms with Crippen molar-refractivity contribution in [3.63, 3.8) is 0 Å². The third-order valence-corrected chi connectivity index (χ3v) is 2.99. The Bertz CT molecular complexity index is 185. The van der Waals surface area contributed by atoms with Gasteiger partial charge in [0.05, 0.1) is 5.92 Å². The van der Waals surface area contributed by atoms with Crippen molar-refractivity contribution < 1.29 is 9.53 Å². The van der Waals surface area contributed by atoms with Gasteiger partial charge in [0.15, 0.2) is 0 Å². The van der Waals surface area contributed by atoms with Crippen LogP contribution < -0.4 is 0 Å². The van der Waals surface area contributed by atoms with E-state index in [1.165, 1.54) is 0 Å². The maximum atomic E-state index is 11.3. The maximum absolute atomic E-state index is 11.3. The summed E-state index contributed by atoms with van der Waals surface area (Å²) in [6, 6.07) is 0. The molecule has 0 N–H and O–H groups in total. The summed E-state index contributed by atoms with van der Waals surface area (Å²) in [5.74, 6) is 0.112. The largest absolute Gasteiger partial charge is 0.462 e. The molecular weight excluding hydrogens is 176 g/mol. The average molecular weight is 200 g/mol. The van der Waals surface area contributed by atoms with E-state index in [4.69, 9.17) is 4.74 Å². The van der Waals surface area contributed by atoms with Crippen molar-refractivity contribution in [2.75, 3.05) is 0 Å². The summed E-state index contributed by atoms with van der Waals surface area (Å²) >= 11 is 0. The summed E-state index contributed by atoms with van der Waals surface area (Å²) in [7, 11) is 0. The van der Waals surface area contributed by atoms with Gasteiger partial charge in [-0.2, -0.15) is 0 Å². The fraction of sp³-hybridized carbons (Fsp3) is 0.917. The summed E-state index contributed by atoms with van der Waals surface area (Å²) in [4.78, 5) is 11.3. The normalized spacial score (nSPS) is 30.0. The molecule has 2 nitrogen and oxygen atoms in total. The van der Waals surface area contributed by atoms with Crippen LogP contribution in [0.2, 0.25) is 0 Å². The van der Waals surface area contributed by atoms with Crippen LogP contribution in [0.25, 0.3) is 0 Å². The molecule has 1 fully saturated rings. The van der Waals surface area contributed by atoms with Crippen molar-refractivity contribution in [1.29, 1.82) is 0 Å². The van der Waals surface area contributed by atoms with E-state index in [1.807, 2.05) is 27.7 Å². The van der Waals surface area contributed by atoms with Crippen molar-refractivity contribution in [2.24, 2.45) is 11.3 Å². The Balaban J connectivity index is 0.000000791. The lowest BCUT2D eigenvalue weighted by molar-refractivity contribution is -0.171. The highest BCUT2D eigenvalue weighted by Crippen LogP contribution is 2.37. The monoisotopic (exact) mass is 200 g/mol. The fourth-order valence-electron chi connectivity index (χ4n) is 1.63. The van der Waals surface area contributed by atoms with E-state index in [-0.39, 0.29) is 23.4 Å². The highest BCUT2D eigenvalue weighted by atomic mass is 16.5. The molecule has 0 saturated carbocycles. The molecule has 1 heterocycles. The Kier molecular flexibility index (Phi) is 5.17. The number of hydrogen-bond donors (Lipinski definition) is 0. The number of carbonyl (C=O) groups excluding carboxylic acids is 1. The van der Waals surface area contributed by atoms with Gasteiger partial charge in [-0.15, -0.1) is 0 Å². The predicted molar refractivity (Wildman–Crippen MR) is 59.1 cm³/mol. The molecule has 0 radical (unpaired) electrons. The third-order valence-electron chi connectivity index (χ3n) is 2.99. The minimum atomic E-state index is -0.00988. The SMILES string of the molecule is CC.CCC1CC(C)(C)[C@@H](C)OC1=O. The third kappa shape index (κ3) is 3.00. The summed E-state index contributed by atoms with van der Waals surface area (Å²) in [6.45, 7) is 12.3. The number of carbonyl (C=O) groups is 1. The summed E-state index contributed by atoms with van der Waals surface area (Å²) < 4.78 is 5.27. The van der Waals surface area contributed by atoms with Crippen LogP contribution >= 0.6 is 0 Å². The van der Waals surface area contributed by atoms with Crippen LogP contribution in [-0.2, 0) is 9.53 Å². The molecule has 2 heteroatoms. The van der Waals surface area contributed by atoms with Gasteiger partial charge >= 0.3 is 5.97 Å². The first kappa shape index (κ1) is 13.5. The van der Waals surface area contributed by atoms with Crippen LogP contribution in [0.4, 0.5) is 0 Å². The summed E-state index contributed by atoms with van der Waals surface area (Å²) in [5.41, 5.74) is 0.147. The van der Waals surface area contributed by atoms with E-state index in [0.29, 0.717) is 0 Å². The molecule has 0 aromatic rings. The smallest absolute Gasteiger partial charge is 0.309 e. The molecule has 0 aromatic carbocycles. The second-order valence-electron chi connectivity index (χ2n) is 4.38. The Morgan fingerprint density at radius 3 is 2.36 bits per heavy atom. The second kappa shape index (κ2) is 5.38. The second-order valence-corrected chi connectivity index (χ2v) is 4.38. The van der Waals surface area contributed by atoms with Crippen LogP contribution in [0.5, 0.6) is 0 Å². The lowest BCUT2D eigenvalue weighted by Gasteiger charge is -2.39. The van der Waals surface area contributed by atoms with Gasteiger partial charge in [0, 0.05) is 5.41 Å². The molecule has 0 spiro atoms. The van der Waals surface area contributed by atoms with Gasteiger partial charge in [-0.3, -0.25) is 4.79 Å². The van der Waals surface area contributed by atoms with Gasteiger partial charge in [-0.05, 0) is 19.8 Å². The molecule has 1 rings (SSSR count).